The summed E-state index contributed by atoms with van der Waals surface area (Å²) in [5.41, 5.74) is 5.09. The predicted octanol–water partition coefficient (Wildman–Crippen LogP) is 2.24. The van der Waals surface area contributed by atoms with Crippen LogP contribution in [0.2, 0.25) is 0 Å². The molecule has 8 nitrogen and oxygen atoms in total. The molecule has 2 rings (SSSR count). The van der Waals surface area contributed by atoms with Crippen LogP contribution in [0.5, 0.6) is 0 Å². The maximum absolute atomic E-state index is 12.8. The number of nitrogens with two attached hydrogens (primary N) is 1. The number of alkyl halides is 6. The molecule has 1 aromatic carbocycles. The van der Waals surface area contributed by atoms with Gasteiger partial charge in [-0.05, 0) is 23.4 Å². The van der Waals surface area contributed by atoms with E-state index in [0.29, 0.717) is 6.07 Å². The molecule has 14 heteroatoms. The van der Waals surface area contributed by atoms with E-state index >= 15 is 0 Å². The van der Waals surface area contributed by atoms with Crippen molar-refractivity contribution in [3.63, 3.8) is 0 Å². The van der Waals surface area contributed by atoms with E-state index in [9.17, 15) is 31.1 Å². The third-order valence-electron chi connectivity index (χ3n) is 2.86. The second kappa shape index (κ2) is 7.61. The lowest BCUT2D eigenvalue weighted by molar-refractivity contribution is -0.203. The van der Waals surface area contributed by atoms with E-state index in [1.807, 2.05) is 0 Å². The summed E-state index contributed by atoms with van der Waals surface area (Å²) in [5, 5.41) is 6.70. The van der Waals surface area contributed by atoms with E-state index in [1.54, 1.807) is 5.48 Å². The first-order valence-electron chi connectivity index (χ1n) is 6.84. The molecule has 0 saturated carbocycles. The number of carbonyl (C=O) groups excluding carboxylic acids is 1. The number of carbonyl (C=O) groups is 1. The van der Waals surface area contributed by atoms with Gasteiger partial charge < -0.3 is 10.6 Å². The van der Waals surface area contributed by atoms with E-state index < -0.39 is 29.7 Å². The summed E-state index contributed by atoms with van der Waals surface area (Å²) in [4.78, 5) is 18.4. The van der Waals surface area contributed by atoms with Gasteiger partial charge in [0.25, 0.3) is 0 Å². The molecule has 0 unspecified atom stereocenters. The average Bonchev–Trinajstić information content (AvgIpc) is 3.05. The normalized spacial score (nSPS) is 12.8. The van der Waals surface area contributed by atoms with E-state index in [4.69, 9.17) is 5.73 Å². The molecule has 0 radical (unpaired) electrons. The van der Waals surface area contributed by atoms with Gasteiger partial charge in [-0.25, -0.2) is 14.4 Å². The third kappa shape index (κ3) is 5.16. The summed E-state index contributed by atoms with van der Waals surface area (Å²) in [7, 11) is 0. The van der Waals surface area contributed by atoms with Crippen LogP contribution in [0.15, 0.2) is 33.9 Å². The van der Waals surface area contributed by atoms with E-state index in [2.05, 4.69) is 24.8 Å². The number of rotatable bonds is 3. The summed E-state index contributed by atoms with van der Waals surface area (Å²) in [5.74, 6) is -3.29. The van der Waals surface area contributed by atoms with Gasteiger partial charge in [-0.2, -0.15) is 31.8 Å². The molecule has 3 N–H and O–H groups in total. The zero-order valence-electron chi connectivity index (χ0n) is 12.9. The Morgan fingerprint density at radius 3 is 2.52 bits per heavy atom. The fourth-order valence-corrected chi connectivity index (χ4v) is 1.68. The van der Waals surface area contributed by atoms with Gasteiger partial charge in [-0.3, -0.25) is 0 Å². The minimum Gasteiger partial charge on any atom is -0.333 e. The molecule has 0 fully saturated rings. The van der Waals surface area contributed by atoms with Crippen LogP contribution in [-0.2, 0) is 22.4 Å². The lowest BCUT2D eigenvalue weighted by Crippen LogP contribution is -2.35. The minimum absolute atomic E-state index is 0.101. The topological polar surface area (TPSA) is 116 Å². The van der Waals surface area contributed by atoms with Crippen LogP contribution in [0.1, 0.15) is 17.0 Å². The Bertz CT molecular complexity index is 845. The van der Waals surface area contributed by atoms with Crippen LogP contribution >= 0.6 is 0 Å². The number of hydroxylamine groups is 1. The molecule has 1 heterocycles. The van der Waals surface area contributed by atoms with Crippen LogP contribution in [0.3, 0.4) is 0 Å². The molecule has 0 bridgehead atoms. The largest absolute Gasteiger partial charge is 0.493 e. The first kappa shape index (κ1) is 20.2. The summed E-state index contributed by atoms with van der Waals surface area (Å²) < 4.78 is 79.4. The van der Waals surface area contributed by atoms with Gasteiger partial charge in [-0.1, -0.05) is 11.2 Å². The van der Waals surface area contributed by atoms with Crippen LogP contribution in [0.25, 0.3) is 0 Å². The summed E-state index contributed by atoms with van der Waals surface area (Å²) >= 11 is 0. The van der Waals surface area contributed by atoms with E-state index in [-0.39, 0.29) is 23.6 Å². The van der Waals surface area contributed by atoms with Crippen LogP contribution in [0, 0.1) is 0 Å². The maximum Gasteiger partial charge on any atom is 0.493 e. The van der Waals surface area contributed by atoms with E-state index in [1.165, 1.54) is 0 Å². The Hall–Kier alpha value is -3.16. The van der Waals surface area contributed by atoms with Crippen molar-refractivity contribution in [1.82, 2.24) is 15.8 Å². The summed E-state index contributed by atoms with van der Waals surface area (Å²) in [6, 6.07) is 3.52. The summed E-state index contributed by atoms with van der Waals surface area (Å²) in [6.45, 7) is -0.296. The highest BCUT2D eigenvalue weighted by Gasteiger charge is 2.42. The predicted molar refractivity (Wildman–Crippen MR) is 75.1 cm³/mol. The first-order valence-corrected chi connectivity index (χ1v) is 6.84. The zero-order valence-corrected chi connectivity index (χ0v) is 12.9. The van der Waals surface area contributed by atoms with Crippen LogP contribution in [-0.4, -0.2) is 28.3 Å². The monoisotopic (exact) mass is 397 g/mol. The van der Waals surface area contributed by atoms with Gasteiger partial charge in [0.2, 0.25) is 0 Å². The van der Waals surface area contributed by atoms with Crippen molar-refractivity contribution in [3.05, 3.63) is 41.2 Å². The van der Waals surface area contributed by atoms with Gasteiger partial charge in [0.05, 0.1) is 11.3 Å². The Morgan fingerprint density at radius 1 is 1.22 bits per heavy atom. The maximum atomic E-state index is 12.8. The Morgan fingerprint density at radius 2 is 1.93 bits per heavy atom. The highest BCUT2D eigenvalue weighted by molar-refractivity contribution is 5.99. The Balaban J connectivity index is 2.41. The lowest BCUT2D eigenvalue weighted by Gasteiger charge is -2.11. The van der Waals surface area contributed by atoms with Crippen molar-refractivity contribution in [3.8, 4) is 0 Å². The molecule has 0 spiro atoms. The number of aromatic nitrogens is 2. The number of halogens is 6. The number of hydrogen-bond donors (Lipinski definition) is 2. The van der Waals surface area contributed by atoms with Crippen molar-refractivity contribution in [2.75, 3.05) is 0 Å². The highest BCUT2D eigenvalue weighted by Crippen LogP contribution is 2.31. The van der Waals surface area contributed by atoms with Crippen molar-refractivity contribution < 1.29 is 40.6 Å². The molecule has 0 saturated heterocycles. The molecule has 0 amide bonds. The van der Waals surface area contributed by atoms with Gasteiger partial charge in [0, 0.05) is 6.54 Å². The lowest BCUT2D eigenvalue weighted by atomic mass is 10.2. The van der Waals surface area contributed by atoms with Crippen LogP contribution in [0.4, 0.5) is 32.0 Å². The van der Waals surface area contributed by atoms with Crippen LogP contribution < -0.4 is 11.2 Å². The van der Waals surface area contributed by atoms with Crippen molar-refractivity contribution in [2.45, 2.75) is 18.9 Å². The quantitative estimate of drug-likeness (QED) is 0.353. The molecule has 0 aliphatic carbocycles. The van der Waals surface area contributed by atoms with Gasteiger partial charge in [0.15, 0.2) is 11.5 Å². The summed E-state index contributed by atoms with van der Waals surface area (Å²) in [6.07, 6.45) is -10.0. The molecular formula is C13H9F6N5O3. The molecule has 0 aliphatic heterocycles. The highest BCUT2D eigenvalue weighted by atomic mass is 19.4. The minimum atomic E-state index is -5.33. The van der Waals surface area contributed by atoms with Crippen molar-refractivity contribution in [1.29, 1.82) is 0 Å². The average molecular weight is 397 g/mol. The smallest absolute Gasteiger partial charge is 0.333 e. The van der Waals surface area contributed by atoms with Crippen molar-refractivity contribution >= 4 is 17.5 Å². The van der Waals surface area contributed by atoms with Gasteiger partial charge >= 0.3 is 18.3 Å². The third-order valence-corrected chi connectivity index (χ3v) is 2.86. The van der Waals surface area contributed by atoms with Crippen molar-refractivity contribution in [2.24, 2.45) is 10.7 Å². The molecule has 1 aromatic heterocycles. The van der Waals surface area contributed by atoms with E-state index in [0.717, 1.165) is 18.2 Å². The number of aliphatic imine (C=N–C) groups is 1. The molecule has 146 valence electrons. The molecular weight excluding hydrogens is 388 g/mol. The standard InChI is InChI=1S/C13H9F6N5O3/c14-12(15,16)6-2-1-3-7(4-6)21-10(9-8(5-20)22-27-23-9)24-26-11(25)13(17,18)19/h1-4H,5,20H2,(H,21,24). The molecule has 27 heavy (non-hydrogen) atoms. The molecule has 0 aliphatic rings. The number of amidine groups is 1. The second-order valence-electron chi connectivity index (χ2n) is 4.76. The fraction of sp³-hybridized carbons (Fsp3) is 0.231. The number of benzene rings is 1. The second-order valence-corrected chi connectivity index (χ2v) is 4.76. The Labute approximate surface area is 145 Å². The SMILES string of the molecule is NCc1nonc1C(=Nc1cccc(C(F)(F)F)c1)NOC(=O)C(F)(F)F. The number of nitrogens with zero attached hydrogens (tertiary/aromatic N) is 3. The number of nitrogens with one attached hydrogen (secondary N) is 1. The first-order chi connectivity index (χ1) is 12.5. The Kier molecular flexibility index (Phi) is 5.68. The fourth-order valence-electron chi connectivity index (χ4n) is 1.68. The zero-order chi connectivity index (χ0) is 20.2. The molecule has 2 aromatic rings. The van der Waals surface area contributed by atoms with Gasteiger partial charge in [-0.15, -0.1) is 0 Å². The number of hydrogen-bond acceptors (Lipinski definition) is 7. The van der Waals surface area contributed by atoms with Gasteiger partial charge in [0.1, 0.15) is 5.69 Å². The molecule has 0 atom stereocenters.